The first-order valence-corrected chi connectivity index (χ1v) is 12.1. The molecule has 0 radical (unpaired) electrons. The molecule has 1 unspecified atom stereocenters. The maximum atomic E-state index is 12.6. The van der Waals surface area contributed by atoms with E-state index < -0.39 is 6.09 Å². The third-order valence-electron chi connectivity index (χ3n) is 6.45. The van der Waals surface area contributed by atoms with Gasteiger partial charge in [-0.3, -0.25) is 24.6 Å². The van der Waals surface area contributed by atoms with E-state index in [0.29, 0.717) is 80.0 Å². The second kappa shape index (κ2) is 11.0. The number of carbonyl (C=O) groups is 1. The number of rotatable bonds is 8. The van der Waals surface area contributed by atoms with Crippen molar-refractivity contribution < 1.29 is 28.8 Å². The van der Waals surface area contributed by atoms with Gasteiger partial charge in [-0.25, -0.2) is 4.79 Å². The molecule has 0 saturated carbocycles. The Labute approximate surface area is 212 Å². The highest BCUT2D eigenvalue weighted by atomic mass is 16.6. The van der Waals surface area contributed by atoms with Gasteiger partial charge in [-0.15, -0.1) is 0 Å². The van der Waals surface area contributed by atoms with E-state index >= 15 is 0 Å². The Hall–Kier alpha value is -3.90. The summed E-state index contributed by atoms with van der Waals surface area (Å²) in [6.07, 6.45) is 1.82. The average Bonchev–Trinajstić information content (AvgIpc) is 2.92. The highest BCUT2D eigenvalue weighted by Crippen LogP contribution is 2.29. The molecule has 196 valence electrons. The van der Waals surface area contributed by atoms with Crippen LogP contribution < -0.4 is 19.8 Å². The summed E-state index contributed by atoms with van der Waals surface area (Å²) < 4.78 is 23.9. The summed E-state index contributed by atoms with van der Waals surface area (Å²) in [5, 5.41) is 9.81. The molecule has 1 atom stereocenters. The average molecular weight is 512 g/mol. The molecule has 0 aromatic carbocycles. The minimum Gasteiger partial charge on any atom is -0.495 e. The predicted octanol–water partition coefficient (Wildman–Crippen LogP) is 1.45. The molecule has 2 aliphatic rings. The Kier molecular flexibility index (Phi) is 7.37. The van der Waals surface area contributed by atoms with Crippen molar-refractivity contribution >= 4 is 17.1 Å². The molecular formula is C25H29N5O7. The van der Waals surface area contributed by atoms with Crippen LogP contribution in [-0.2, 0) is 17.8 Å². The van der Waals surface area contributed by atoms with E-state index in [9.17, 15) is 14.7 Å². The summed E-state index contributed by atoms with van der Waals surface area (Å²) >= 11 is 0. The number of fused-ring (bicyclic) bond motifs is 2. The van der Waals surface area contributed by atoms with Crippen LogP contribution >= 0.6 is 0 Å². The fourth-order valence-corrected chi connectivity index (χ4v) is 4.55. The minimum absolute atomic E-state index is 0.103. The number of ether oxygens (including phenoxy) is 4. The molecule has 5 heterocycles. The lowest BCUT2D eigenvalue weighted by Gasteiger charge is -2.35. The van der Waals surface area contributed by atoms with Crippen LogP contribution in [-0.4, -0.2) is 94.7 Å². The standard InChI is InChI=1S/C25H29N5O7/c1-34-18-11-21-20(27-12-18)2-3-24(31)30(21)5-4-28-6-7-35-19(15-28)16-29(25(32)33)14-17-10-22-23(13-26-17)37-9-8-36-22/h2-3,10-13,19H,4-9,14-16H2,1H3,(H,32,33). The Morgan fingerprint density at radius 2 is 1.97 bits per heavy atom. The summed E-state index contributed by atoms with van der Waals surface area (Å²) in [7, 11) is 1.56. The van der Waals surface area contributed by atoms with E-state index in [2.05, 4.69) is 14.9 Å². The Balaban J connectivity index is 1.22. The largest absolute Gasteiger partial charge is 0.495 e. The normalized spacial score (nSPS) is 17.5. The first-order valence-electron chi connectivity index (χ1n) is 12.1. The van der Waals surface area contributed by atoms with Gasteiger partial charge in [0.2, 0.25) is 0 Å². The van der Waals surface area contributed by atoms with E-state index in [1.807, 2.05) is 6.07 Å². The molecule has 5 rings (SSSR count). The summed E-state index contributed by atoms with van der Waals surface area (Å²) in [5.41, 5.74) is 1.88. The van der Waals surface area contributed by atoms with Crippen molar-refractivity contribution in [3.63, 3.8) is 0 Å². The van der Waals surface area contributed by atoms with Gasteiger partial charge in [-0.1, -0.05) is 0 Å². The van der Waals surface area contributed by atoms with Gasteiger partial charge in [-0.05, 0) is 6.07 Å². The fraction of sp³-hybridized carbons (Fsp3) is 0.440. The first-order chi connectivity index (χ1) is 18.0. The van der Waals surface area contributed by atoms with Crippen molar-refractivity contribution in [1.82, 2.24) is 24.3 Å². The molecule has 0 aliphatic carbocycles. The smallest absolute Gasteiger partial charge is 0.407 e. The number of morpholine rings is 1. The molecule has 1 fully saturated rings. The van der Waals surface area contributed by atoms with Gasteiger partial charge in [-0.2, -0.15) is 0 Å². The van der Waals surface area contributed by atoms with Gasteiger partial charge in [0.15, 0.2) is 11.5 Å². The Morgan fingerprint density at radius 3 is 2.78 bits per heavy atom. The van der Waals surface area contributed by atoms with E-state index in [1.54, 1.807) is 36.2 Å². The highest BCUT2D eigenvalue weighted by Gasteiger charge is 2.26. The second-order valence-corrected chi connectivity index (χ2v) is 8.88. The summed E-state index contributed by atoms with van der Waals surface area (Å²) in [6, 6.07) is 6.74. The number of aromatic nitrogens is 3. The highest BCUT2D eigenvalue weighted by molar-refractivity contribution is 5.75. The van der Waals surface area contributed by atoms with Crippen molar-refractivity contribution in [3.05, 3.63) is 52.7 Å². The van der Waals surface area contributed by atoms with Crippen LogP contribution in [0.15, 0.2) is 41.5 Å². The Morgan fingerprint density at radius 1 is 1.14 bits per heavy atom. The number of hydrogen-bond donors (Lipinski definition) is 1. The van der Waals surface area contributed by atoms with Crippen molar-refractivity contribution in [1.29, 1.82) is 0 Å². The van der Waals surface area contributed by atoms with Crippen molar-refractivity contribution in [2.45, 2.75) is 19.2 Å². The topological polar surface area (TPSA) is 128 Å². The zero-order valence-corrected chi connectivity index (χ0v) is 20.5. The van der Waals surface area contributed by atoms with Crippen LogP contribution in [0.4, 0.5) is 4.79 Å². The van der Waals surface area contributed by atoms with Gasteiger partial charge in [0, 0.05) is 44.4 Å². The summed E-state index contributed by atoms with van der Waals surface area (Å²) in [5.74, 6) is 1.71. The molecule has 37 heavy (non-hydrogen) atoms. The van der Waals surface area contributed by atoms with Crippen molar-refractivity contribution in [2.24, 2.45) is 0 Å². The summed E-state index contributed by atoms with van der Waals surface area (Å²) in [6.45, 7) is 3.97. The van der Waals surface area contributed by atoms with Gasteiger partial charge >= 0.3 is 6.09 Å². The second-order valence-electron chi connectivity index (χ2n) is 8.88. The molecule has 3 aromatic rings. The van der Waals surface area contributed by atoms with Gasteiger partial charge < -0.3 is 28.6 Å². The maximum absolute atomic E-state index is 12.6. The number of carboxylic acid groups (broad SMARTS) is 1. The lowest BCUT2D eigenvalue weighted by atomic mass is 10.2. The number of amides is 1. The molecule has 1 saturated heterocycles. The maximum Gasteiger partial charge on any atom is 0.407 e. The predicted molar refractivity (Wildman–Crippen MR) is 132 cm³/mol. The molecule has 12 nitrogen and oxygen atoms in total. The zero-order valence-electron chi connectivity index (χ0n) is 20.5. The van der Waals surface area contributed by atoms with Crippen LogP contribution in [0.3, 0.4) is 0 Å². The first kappa shape index (κ1) is 24.8. The lowest BCUT2D eigenvalue weighted by molar-refractivity contribution is -0.0425. The third-order valence-corrected chi connectivity index (χ3v) is 6.45. The van der Waals surface area contributed by atoms with Crippen LogP contribution in [0.25, 0.3) is 11.0 Å². The van der Waals surface area contributed by atoms with Gasteiger partial charge in [0.1, 0.15) is 19.0 Å². The van der Waals surface area contributed by atoms with E-state index in [1.165, 1.54) is 11.0 Å². The third kappa shape index (κ3) is 5.75. The SMILES string of the molecule is COc1cnc2ccc(=O)n(CCN3CCOC(CN(Cc4cc5c(cn4)OCCO5)C(=O)O)C3)c2c1. The van der Waals surface area contributed by atoms with Crippen LogP contribution in [0, 0.1) is 0 Å². The molecule has 12 heteroatoms. The van der Waals surface area contributed by atoms with Crippen LogP contribution in [0.2, 0.25) is 0 Å². The van der Waals surface area contributed by atoms with Crippen molar-refractivity contribution in [2.75, 3.05) is 53.1 Å². The van der Waals surface area contributed by atoms with E-state index in [4.69, 9.17) is 18.9 Å². The molecular weight excluding hydrogens is 482 g/mol. The summed E-state index contributed by atoms with van der Waals surface area (Å²) in [4.78, 5) is 36.8. The number of hydrogen-bond acceptors (Lipinski definition) is 9. The van der Waals surface area contributed by atoms with E-state index in [-0.39, 0.29) is 24.8 Å². The number of pyridine rings is 3. The molecule has 3 aromatic heterocycles. The van der Waals surface area contributed by atoms with Crippen LogP contribution in [0.5, 0.6) is 17.2 Å². The molecule has 0 bridgehead atoms. The molecule has 1 N–H and O–H groups in total. The van der Waals surface area contributed by atoms with Crippen molar-refractivity contribution in [3.8, 4) is 17.2 Å². The quantitative estimate of drug-likeness (QED) is 0.475. The zero-order chi connectivity index (χ0) is 25.8. The lowest BCUT2D eigenvalue weighted by Crippen LogP contribution is -2.49. The number of nitrogens with zero attached hydrogens (tertiary/aromatic N) is 5. The Bertz CT molecular complexity index is 1330. The van der Waals surface area contributed by atoms with E-state index in [0.717, 1.165) is 0 Å². The van der Waals surface area contributed by atoms with Crippen LogP contribution in [0.1, 0.15) is 5.69 Å². The monoisotopic (exact) mass is 511 g/mol. The molecule has 1 amide bonds. The minimum atomic E-state index is -1.05. The molecule has 2 aliphatic heterocycles. The van der Waals surface area contributed by atoms with Gasteiger partial charge in [0.25, 0.3) is 5.56 Å². The van der Waals surface area contributed by atoms with Gasteiger partial charge in [0.05, 0.1) is 62.0 Å². The fourth-order valence-electron chi connectivity index (χ4n) is 4.55. The molecule has 0 spiro atoms. The number of methoxy groups -OCH3 is 1.